The molecule has 1 fully saturated rings. The second-order valence-electron chi connectivity index (χ2n) is 6.22. The highest BCUT2D eigenvalue weighted by Crippen LogP contribution is 2.24. The summed E-state index contributed by atoms with van der Waals surface area (Å²) in [5, 5.41) is 3.52. The Morgan fingerprint density at radius 2 is 2.00 bits per heavy atom. The molecule has 1 aliphatic heterocycles. The van der Waals surface area contributed by atoms with Crippen LogP contribution in [0.5, 0.6) is 0 Å². The number of carbonyl (C=O) groups is 2. The van der Waals surface area contributed by atoms with Gasteiger partial charge in [0.05, 0.1) is 15.6 Å². The van der Waals surface area contributed by atoms with Crippen molar-refractivity contribution in [2.45, 2.75) is 25.3 Å². The molecule has 24 heavy (non-hydrogen) atoms. The summed E-state index contributed by atoms with van der Waals surface area (Å²) in [6, 6.07) is 5.16. The molecule has 1 atom stereocenters. The van der Waals surface area contributed by atoms with E-state index in [9.17, 15) is 9.59 Å². The van der Waals surface area contributed by atoms with Gasteiger partial charge in [-0.15, -0.1) is 0 Å². The van der Waals surface area contributed by atoms with Crippen molar-refractivity contribution in [2.24, 2.45) is 0 Å². The molecule has 0 aliphatic carbocycles. The molecule has 1 aromatic rings. The van der Waals surface area contributed by atoms with E-state index in [1.807, 2.05) is 19.0 Å². The van der Waals surface area contributed by atoms with E-state index in [1.165, 1.54) is 0 Å². The molecule has 132 valence electrons. The molecule has 1 N–H and O–H groups in total. The van der Waals surface area contributed by atoms with Crippen molar-refractivity contribution in [3.8, 4) is 0 Å². The third kappa shape index (κ3) is 4.85. The van der Waals surface area contributed by atoms with Crippen molar-refractivity contribution >= 4 is 35.0 Å². The number of benzene rings is 1. The molecule has 1 saturated heterocycles. The van der Waals surface area contributed by atoms with Gasteiger partial charge in [0.2, 0.25) is 5.91 Å². The van der Waals surface area contributed by atoms with Crippen LogP contribution < -0.4 is 5.32 Å². The average molecular weight is 372 g/mol. The average Bonchev–Trinajstić information content (AvgIpc) is 2.85. The molecule has 1 heterocycles. The zero-order chi connectivity index (χ0) is 17.7. The Bertz CT molecular complexity index is 587. The Labute approximate surface area is 152 Å². The van der Waals surface area contributed by atoms with Gasteiger partial charge in [0, 0.05) is 32.1 Å². The molecule has 0 aromatic heterocycles. The van der Waals surface area contributed by atoms with Crippen LogP contribution in [0.2, 0.25) is 10.0 Å². The van der Waals surface area contributed by atoms with Crippen LogP contribution in [0.4, 0.5) is 0 Å². The van der Waals surface area contributed by atoms with Crippen molar-refractivity contribution in [1.82, 2.24) is 15.1 Å². The lowest BCUT2D eigenvalue weighted by Crippen LogP contribution is -2.40. The van der Waals surface area contributed by atoms with Crippen LogP contribution in [-0.4, -0.2) is 61.4 Å². The van der Waals surface area contributed by atoms with E-state index in [2.05, 4.69) is 10.2 Å². The molecular formula is C17H23Cl2N3O2. The Kier molecular flexibility index (Phi) is 6.90. The van der Waals surface area contributed by atoms with E-state index in [0.29, 0.717) is 28.6 Å². The van der Waals surface area contributed by atoms with Crippen LogP contribution >= 0.6 is 23.2 Å². The number of hydrogen-bond donors (Lipinski definition) is 1. The van der Waals surface area contributed by atoms with Gasteiger partial charge in [0.25, 0.3) is 5.91 Å². The SMILES string of the molecule is CN(C)CCN1C(=O)CC[C@@H]1CCNC(=O)c1c(Cl)cccc1Cl. The smallest absolute Gasteiger partial charge is 0.254 e. The van der Waals surface area contributed by atoms with Gasteiger partial charge in [-0.3, -0.25) is 9.59 Å². The maximum Gasteiger partial charge on any atom is 0.254 e. The van der Waals surface area contributed by atoms with Gasteiger partial charge < -0.3 is 15.1 Å². The molecule has 0 spiro atoms. The Hall–Kier alpha value is -1.30. The highest BCUT2D eigenvalue weighted by Gasteiger charge is 2.30. The van der Waals surface area contributed by atoms with Gasteiger partial charge in [0.15, 0.2) is 0 Å². The zero-order valence-corrected chi connectivity index (χ0v) is 15.5. The minimum atomic E-state index is -0.283. The van der Waals surface area contributed by atoms with E-state index in [4.69, 9.17) is 23.2 Å². The topological polar surface area (TPSA) is 52.6 Å². The third-order valence-electron chi connectivity index (χ3n) is 4.19. The van der Waals surface area contributed by atoms with Crippen molar-refractivity contribution in [3.05, 3.63) is 33.8 Å². The fourth-order valence-electron chi connectivity index (χ4n) is 2.86. The van der Waals surface area contributed by atoms with E-state index in [1.54, 1.807) is 18.2 Å². The Morgan fingerprint density at radius 3 is 2.62 bits per heavy atom. The van der Waals surface area contributed by atoms with Crippen LogP contribution in [0.25, 0.3) is 0 Å². The Balaban J connectivity index is 1.86. The summed E-state index contributed by atoms with van der Waals surface area (Å²) in [5.74, 6) is -0.0860. The first-order chi connectivity index (χ1) is 11.4. The van der Waals surface area contributed by atoms with Crippen molar-refractivity contribution < 1.29 is 9.59 Å². The number of rotatable bonds is 7. The van der Waals surface area contributed by atoms with Crippen molar-refractivity contribution in [3.63, 3.8) is 0 Å². The minimum Gasteiger partial charge on any atom is -0.352 e. The number of amides is 2. The molecule has 2 amide bonds. The summed E-state index contributed by atoms with van der Waals surface area (Å²) in [6.07, 6.45) is 2.16. The lowest BCUT2D eigenvalue weighted by atomic mass is 10.1. The van der Waals surface area contributed by atoms with Crippen LogP contribution in [0.3, 0.4) is 0 Å². The minimum absolute atomic E-state index is 0.180. The van der Waals surface area contributed by atoms with Crippen LogP contribution in [0, 0.1) is 0 Å². The first kappa shape index (κ1) is 19.0. The highest BCUT2D eigenvalue weighted by molar-refractivity contribution is 6.39. The summed E-state index contributed by atoms with van der Waals surface area (Å²) >= 11 is 12.1. The lowest BCUT2D eigenvalue weighted by molar-refractivity contribution is -0.129. The second kappa shape index (κ2) is 8.70. The van der Waals surface area contributed by atoms with Crippen LogP contribution in [0.1, 0.15) is 29.6 Å². The first-order valence-electron chi connectivity index (χ1n) is 8.06. The maximum absolute atomic E-state index is 12.3. The quantitative estimate of drug-likeness (QED) is 0.801. The lowest BCUT2D eigenvalue weighted by Gasteiger charge is -2.26. The molecule has 1 aliphatic rings. The van der Waals surface area contributed by atoms with Gasteiger partial charge in [0.1, 0.15) is 0 Å². The van der Waals surface area contributed by atoms with Crippen LogP contribution in [-0.2, 0) is 4.79 Å². The van der Waals surface area contributed by atoms with E-state index < -0.39 is 0 Å². The van der Waals surface area contributed by atoms with Gasteiger partial charge >= 0.3 is 0 Å². The molecular weight excluding hydrogens is 349 g/mol. The molecule has 1 aromatic carbocycles. The number of likely N-dealkylation sites (tertiary alicyclic amines) is 1. The largest absolute Gasteiger partial charge is 0.352 e. The number of likely N-dealkylation sites (N-methyl/N-ethyl adjacent to an activating group) is 1. The van der Waals surface area contributed by atoms with Crippen molar-refractivity contribution in [1.29, 1.82) is 0 Å². The molecule has 2 rings (SSSR count). The summed E-state index contributed by atoms with van der Waals surface area (Å²) in [5.41, 5.74) is 0.299. The zero-order valence-electron chi connectivity index (χ0n) is 14.0. The standard InChI is InChI=1S/C17H23Cl2N3O2/c1-21(2)10-11-22-12(6-7-15(22)23)8-9-20-17(24)16-13(18)4-3-5-14(16)19/h3-5,12H,6-11H2,1-2H3,(H,20,24)/t12-/m1/s1. The van der Waals surface area contributed by atoms with Crippen molar-refractivity contribution in [2.75, 3.05) is 33.7 Å². The van der Waals surface area contributed by atoms with Gasteiger partial charge in [-0.05, 0) is 39.1 Å². The molecule has 7 heteroatoms. The number of hydrogen-bond acceptors (Lipinski definition) is 3. The van der Waals surface area contributed by atoms with E-state index in [-0.39, 0.29) is 17.9 Å². The van der Waals surface area contributed by atoms with Gasteiger partial charge in [-0.25, -0.2) is 0 Å². The van der Waals surface area contributed by atoms with Gasteiger partial charge in [-0.1, -0.05) is 29.3 Å². The number of nitrogens with zero attached hydrogens (tertiary/aromatic N) is 2. The first-order valence-corrected chi connectivity index (χ1v) is 8.82. The normalized spacial score (nSPS) is 17.6. The summed E-state index contributed by atoms with van der Waals surface area (Å²) < 4.78 is 0. The molecule has 0 unspecified atom stereocenters. The summed E-state index contributed by atoms with van der Waals surface area (Å²) in [6.45, 7) is 2.04. The second-order valence-corrected chi connectivity index (χ2v) is 7.04. The van der Waals surface area contributed by atoms with Gasteiger partial charge in [-0.2, -0.15) is 0 Å². The van der Waals surface area contributed by atoms with Crippen LogP contribution in [0.15, 0.2) is 18.2 Å². The maximum atomic E-state index is 12.3. The molecule has 0 radical (unpaired) electrons. The Morgan fingerprint density at radius 1 is 1.33 bits per heavy atom. The predicted octanol–water partition coefficient (Wildman–Crippen LogP) is 2.67. The number of nitrogens with one attached hydrogen (secondary N) is 1. The summed E-state index contributed by atoms with van der Waals surface area (Å²) in [4.78, 5) is 28.2. The fourth-order valence-corrected chi connectivity index (χ4v) is 3.43. The molecule has 5 nitrogen and oxygen atoms in total. The number of halogens is 2. The molecule has 0 bridgehead atoms. The molecule has 0 saturated carbocycles. The highest BCUT2D eigenvalue weighted by atomic mass is 35.5. The fraction of sp³-hybridized carbons (Fsp3) is 0.529. The monoisotopic (exact) mass is 371 g/mol. The van der Waals surface area contributed by atoms with E-state index >= 15 is 0 Å². The van der Waals surface area contributed by atoms with E-state index in [0.717, 1.165) is 25.9 Å². The number of carbonyl (C=O) groups excluding carboxylic acids is 2. The summed E-state index contributed by atoms with van der Waals surface area (Å²) in [7, 11) is 3.98. The third-order valence-corrected chi connectivity index (χ3v) is 4.82. The predicted molar refractivity (Wildman–Crippen MR) is 96.7 cm³/mol.